The van der Waals surface area contributed by atoms with Crippen molar-refractivity contribution in [1.29, 1.82) is 0 Å². The second-order valence-electron chi connectivity index (χ2n) is 8.04. The van der Waals surface area contributed by atoms with E-state index < -0.39 is 0 Å². The minimum absolute atomic E-state index is 0.141. The zero-order valence-electron chi connectivity index (χ0n) is 16.7. The molecule has 1 saturated carbocycles. The lowest BCUT2D eigenvalue weighted by molar-refractivity contribution is 0.408. The molecule has 1 aliphatic rings. The lowest BCUT2D eigenvalue weighted by Gasteiger charge is -2.28. The Morgan fingerprint density at radius 2 is 2.10 bits per heavy atom. The van der Waals surface area contributed by atoms with Crippen LogP contribution in [0.15, 0.2) is 66.9 Å². The van der Waals surface area contributed by atoms with Gasteiger partial charge in [-0.2, -0.15) is 0 Å². The number of hydrogen-bond donors (Lipinski definition) is 1. The zero-order valence-corrected chi connectivity index (χ0v) is 16.7. The molecule has 5 heteroatoms. The molecule has 2 atom stereocenters. The third-order valence-corrected chi connectivity index (χ3v) is 5.90. The highest BCUT2D eigenvalue weighted by Gasteiger charge is 2.37. The van der Waals surface area contributed by atoms with Crippen LogP contribution in [0.2, 0.25) is 0 Å². The largest absolute Gasteiger partial charge is 0.381 e. The second kappa shape index (κ2) is 8.46. The zero-order chi connectivity index (χ0) is 20.1. The monoisotopic (exact) mass is 386 g/mol. The molecule has 0 aliphatic heterocycles. The van der Waals surface area contributed by atoms with E-state index in [0.717, 1.165) is 49.2 Å². The molecule has 1 fully saturated rings. The van der Waals surface area contributed by atoms with Gasteiger partial charge in [0.25, 0.3) is 0 Å². The number of aromatic nitrogens is 3. The minimum Gasteiger partial charge on any atom is -0.381 e. The Labute approximate surface area is 171 Å². The molecule has 4 rings (SSSR count). The van der Waals surface area contributed by atoms with Crippen LogP contribution in [0, 0.1) is 5.41 Å². The molecule has 2 unspecified atom stereocenters. The molecule has 1 aliphatic carbocycles. The van der Waals surface area contributed by atoms with Gasteiger partial charge < -0.3 is 5.32 Å². The van der Waals surface area contributed by atoms with Crippen molar-refractivity contribution in [2.75, 3.05) is 5.32 Å². The van der Waals surface area contributed by atoms with Crippen LogP contribution < -0.4 is 5.32 Å². The van der Waals surface area contributed by atoms with E-state index in [-0.39, 0.29) is 11.5 Å². The van der Waals surface area contributed by atoms with Crippen LogP contribution in [0.5, 0.6) is 0 Å². The molecular weight excluding hydrogens is 360 g/mol. The SMILES string of the molecule is CC1(C=C=O)CCCC1Nc1cccc(-c2cn(CCc3ccccc3)nn2)c1. The number of hydrogen-bond acceptors (Lipinski definition) is 4. The van der Waals surface area contributed by atoms with E-state index in [1.54, 1.807) is 6.08 Å². The Morgan fingerprint density at radius 1 is 1.24 bits per heavy atom. The highest BCUT2D eigenvalue weighted by molar-refractivity contribution is 5.64. The molecule has 0 radical (unpaired) electrons. The molecule has 0 saturated heterocycles. The van der Waals surface area contributed by atoms with Crippen LogP contribution in [-0.4, -0.2) is 27.0 Å². The van der Waals surface area contributed by atoms with Crippen molar-refractivity contribution in [3.05, 3.63) is 72.4 Å². The van der Waals surface area contributed by atoms with Crippen molar-refractivity contribution in [2.24, 2.45) is 5.41 Å². The molecule has 1 heterocycles. The van der Waals surface area contributed by atoms with E-state index >= 15 is 0 Å². The van der Waals surface area contributed by atoms with Gasteiger partial charge in [0.1, 0.15) is 11.6 Å². The van der Waals surface area contributed by atoms with E-state index in [4.69, 9.17) is 0 Å². The van der Waals surface area contributed by atoms with Gasteiger partial charge in [-0.3, -0.25) is 4.68 Å². The first-order valence-electron chi connectivity index (χ1n) is 10.2. The first-order chi connectivity index (χ1) is 14.2. The third kappa shape index (κ3) is 4.47. The number of rotatable bonds is 7. The van der Waals surface area contributed by atoms with Crippen molar-refractivity contribution in [2.45, 2.75) is 45.2 Å². The first kappa shape index (κ1) is 19.2. The maximum Gasteiger partial charge on any atom is 0.120 e. The lowest BCUT2D eigenvalue weighted by Crippen LogP contribution is -2.32. The van der Waals surface area contributed by atoms with Crippen LogP contribution in [0.25, 0.3) is 11.3 Å². The van der Waals surface area contributed by atoms with E-state index in [9.17, 15) is 4.79 Å². The summed E-state index contributed by atoms with van der Waals surface area (Å²) >= 11 is 0. The molecule has 1 N–H and O–H groups in total. The molecule has 0 amide bonds. The Bertz CT molecular complexity index is 1010. The summed E-state index contributed by atoms with van der Waals surface area (Å²) in [5.74, 6) is 1.99. The summed E-state index contributed by atoms with van der Waals surface area (Å²) in [6.07, 6.45) is 7.78. The third-order valence-electron chi connectivity index (χ3n) is 5.90. The Kier molecular flexibility index (Phi) is 5.59. The van der Waals surface area contributed by atoms with E-state index in [1.807, 2.05) is 29.0 Å². The summed E-state index contributed by atoms with van der Waals surface area (Å²) in [7, 11) is 0. The van der Waals surface area contributed by atoms with Crippen LogP contribution >= 0.6 is 0 Å². The molecule has 0 spiro atoms. The molecule has 3 aromatic rings. The lowest BCUT2D eigenvalue weighted by atomic mass is 9.85. The summed E-state index contributed by atoms with van der Waals surface area (Å²) in [6.45, 7) is 2.93. The maximum absolute atomic E-state index is 10.9. The topological polar surface area (TPSA) is 59.8 Å². The molecule has 2 aromatic carbocycles. The van der Waals surface area contributed by atoms with Crippen LogP contribution in [0.4, 0.5) is 5.69 Å². The number of anilines is 1. The Balaban J connectivity index is 1.45. The summed E-state index contributed by atoms with van der Waals surface area (Å²) in [4.78, 5) is 10.9. The molecule has 5 nitrogen and oxygen atoms in total. The van der Waals surface area contributed by atoms with Gasteiger partial charge in [-0.15, -0.1) is 5.10 Å². The molecule has 29 heavy (non-hydrogen) atoms. The normalized spacial score (nSPS) is 20.9. The van der Waals surface area contributed by atoms with Crippen molar-refractivity contribution in [1.82, 2.24) is 15.0 Å². The summed E-state index contributed by atoms with van der Waals surface area (Å²) in [5, 5.41) is 12.3. The van der Waals surface area contributed by atoms with Crippen LogP contribution in [-0.2, 0) is 17.8 Å². The fourth-order valence-corrected chi connectivity index (χ4v) is 4.13. The molecule has 148 valence electrons. The van der Waals surface area contributed by atoms with Crippen LogP contribution in [0.3, 0.4) is 0 Å². The predicted molar refractivity (Wildman–Crippen MR) is 115 cm³/mol. The average Bonchev–Trinajstić information content (AvgIpc) is 3.35. The quantitative estimate of drug-likeness (QED) is 0.605. The molecule has 1 aromatic heterocycles. The number of aryl methyl sites for hydroxylation is 2. The average molecular weight is 386 g/mol. The van der Waals surface area contributed by atoms with Gasteiger partial charge in [0.05, 0.1) is 6.20 Å². The molecule has 0 bridgehead atoms. The fraction of sp³-hybridized carbons (Fsp3) is 0.333. The van der Waals surface area contributed by atoms with Gasteiger partial charge in [0.2, 0.25) is 0 Å². The molecular formula is C24H26N4O. The number of benzene rings is 2. The Morgan fingerprint density at radius 3 is 2.93 bits per heavy atom. The van der Waals surface area contributed by atoms with Crippen molar-refractivity contribution in [3.63, 3.8) is 0 Å². The first-order valence-corrected chi connectivity index (χ1v) is 10.2. The van der Waals surface area contributed by atoms with Gasteiger partial charge in [-0.25, -0.2) is 4.79 Å². The van der Waals surface area contributed by atoms with Crippen molar-refractivity contribution < 1.29 is 4.79 Å². The maximum atomic E-state index is 10.9. The number of carbonyl (C=O) groups excluding carboxylic acids is 1. The smallest absolute Gasteiger partial charge is 0.120 e. The van der Waals surface area contributed by atoms with Crippen molar-refractivity contribution >= 4 is 11.6 Å². The second-order valence-corrected chi connectivity index (χ2v) is 8.04. The number of nitrogens with zero attached hydrogens (tertiary/aromatic N) is 3. The van der Waals surface area contributed by atoms with Crippen molar-refractivity contribution in [3.8, 4) is 11.3 Å². The summed E-state index contributed by atoms with van der Waals surface area (Å²) in [6, 6.07) is 18.9. The van der Waals surface area contributed by atoms with Gasteiger partial charge in [-0.05, 0) is 37.0 Å². The predicted octanol–water partition coefficient (Wildman–Crippen LogP) is 4.55. The van der Waals surface area contributed by atoms with E-state index in [0.29, 0.717) is 0 Å². The number of nitrogens with one attached hydrogen (secondary N) is 1. The highest BCUT2D eigenvalue weighted by atomic mass is 16.1. The van der Waals surface area contributed by atoms with Gasteiger partial charge in [0.15, 0.2) is 0 Å². The van der Waals surface area contributed by atoms with Gasteiger partial charge in [0, 0.05) is 35.3 Å². The van der Waals surface area contributed by atoms with E-state index in [2.05, 4.69) is 65.0 Å². The Hall–Kier alpha value is -3.17. The standard InChI is InChI=1S/C24H26N4O/c1-24(14-16-29)13-6-11-23(24)25-21-10-5-9-20(17-21)22-18-28(27-26-22)15-12-19-7-3-2-4-8-19/h2-5,7-10,14,17-18,23,25H,6,11-13,15H2,1H3. The minimum atomic E-state index is -0.141. The van der Waals surface area contributed by atoms with Gasteiger partial charge in [-0.1, -0.05) is 61.0 Å². The summed E-state index contributed by atoms with van der Waals surface area (Å²) < 4.78 is 1.89. The summed E-state index contributed by atoms with van der Waals surface area (Å²) in [5.41, 5.74) is 4.09. The fourth-order valence-electron chi connectivity index (χ4n) is 4.13. The van der Waals surface area contributed by atoms with E-state index in [1.165, 1.54) is 5.56 Å². The highest BCUT2D eigenvalue weighted by Crippen LogP contribution is 2.40. The van der Waals surface area contributed by atoms with Gasteiger partial charge >= 0.3 is 0 Å². The van der Waals surface area contributed by atoms with Crippen LogP contribution in [0.1, 0.15) is 31.7 Å².